The Kier molecular flexibility index (Phi) is 6.71. The van der Waals surface area contributed by atoms with E-state index in [4.69, 9.17) is 4.74 Å². The van der Waals surface area contributed by atoms with Crippen LogP contribution in [0.4, 0.5) is 10.5 Å². The molecule has 1 heterocycles. The predicted molar refractivity (Wildman–Crippen MR) is 94.1 cm³/mol. The van der Waals surface area contributed by atoms with Gasteiger partial charge in [0.1, 0.15) is 5.75 Å². The van der Waals surface area contributed by atoms with E-state index in [1.165, 1.54) is 6.42 Å². The van der Waals surface area contributed by atoms with Gasteiger partial charge in [-0.3, -0.25) is 4.90 Å². The van der Waals surface area contributed by atoms with Crippen molar-refractivity contribution in [2.75, 3.05) is 44.6 Å². The summed E-state index contributed by atoms with van der Waals surface area (Å²) in [6.45, 7) is 11.6. The highest BCUT2D eigenvalue weighted by molar-refractivity contribution is 5.91. The third kappa shape index (κ3) is 5.43. The van der Waals surface area contributed by atoms with Crippen LogP contribution in [0.3, 0.4) is 0 Å². The number of benzene rings is 1. The summed E-state index contributed by atoms with van der Waals surface area (Å²) in [6, 6.07) is 7.53. The van der Waals surface area contributed by atoms with Crippen LogP contribution in [0.1, 0.15) is 27.2 Å². The summed E-state index contributed by atoms with van der Waals surface area (Å²) in [5, 5.41) is 2.97. The number of rotatable bonds is 6. The van der Waals surface area contributed by atoms with Gasteiger partial charge in [-0.2, -0.15) is 0 Å². The highest BCUT2D eigenvalue weighted by atomic mass is 16.5. The molecular weight excluding hydrogens is 290 g/mol. The van der Waals surface area contributed by atoms with Crippen LogP contribution >= 0.6 is 0 Å². The molecule has 2 rings (SSSR count). The molecule has 0 aromatic heterocycles. The maximum Gasteiger partial charge on any atom is 0.322 e. The molecule has 1 aromatic rings. The first kappa shape index (κ1) is 17.6. The summed E-state index contributed by atoms with van der Waals surface area (Å²) in [6.07, 6.45) is 1.22. The number of carbonyl (C=O) groups is 1. The minimum absolute atomic E-state index is 0.0411. The molecule has 0 radical (unpaired) electrons. The number of hydrogen-bond acceptors (Lipinski definition) is 3. The fourth-order valence-corrected chi connectivity index (χ4v) is 2.66. The van der Waals surface area contributed by atoms with E-state index in [2.05, 4.69) is 24.1 Å². The maximum atomic E-state index is 12.4. The number of hydrogen-bond donors (Lipinski definition) is 1. The van der Waals surface area contributed by atoms with Gasteiger partial charge in [0, 0.05) is 26.2 Å². The summed E-state index contributed by atoms with van der Waals surface area (Å²) in [5.74, 6) is 1.45. The number of para-hydroxylation sites is 2. The molecule has 1 aliphatic rings. The summed E-state index contributed by atoms with van der Waals surface area (Å²) < 4.78 is 5.56. The Morgan fingerprint density at radius 1 is 1.22 bits per heavy atom. The van der Waals surface area contributed by atoms with Crippen LogP contribution in [-0.4, -0.2) is 55.2 Å². The van der Waals surface area contributed by atoms with Crippen molar-refractivity contribution in [1.29, 1.82) is 0 Å². The normalized spacial score (nSPS) is 15.7. The summed E-state index contributed by atoms with van der Waals surface area (Å²) in [4.78, 5) is 16.8. The third-order valence-corrected chi connectivity index (χ3v) is 4.11. The van der Waals surface area contributed by atoms with Crippen LogP contribution in [0, 0.1) is 5.92 Å². The molecule has 1 aliphatic heterocycles. The molecule has 0 aliphatic carbocycles. The molecular formula is C18H29N3O2. The Morgan fingerprint density at radius 2 is 1.91 bits per heavy atom. The predicted octanol–water partition coefficient (Wildman–Crippen LogP) is 3.28. The highest BCUT2D eigenvalue weighted by Gasteiger charge is 2.21. The molecule has 5 heteroatoms. The van der Waals surface area contributed by atoms with E-state index in [-0.39, 0.29) is 6.03 Å². The van der Waals surface area contributed by atoms with Crippen LogP contribution < -0.4 is 10.1 Å². The summed E-state index contributed by atoms with van der Waals surface area (Å²) in [5.41, 5.74) is 0.738. The SMILES string of the molecule is CCOc1ccccc1NC(=O)N1CCN(CCC(C)C)CC1. The molecule has 128 valence electrons. The number of amides is 2. The monoisotopic (exact) mass is 319 g/mol. The molecule has 2 amide bonds. The zero-order chi connectivity index (χ0) is 16.7. The molecule has 0 bridgehead atoms. The van der Waals surface area contributed by atoms with E-state index in [9.17, 15) is 4.79 Å². The Hall–Kier alpha value is -1.75. The zero-order valence-electron chi connectivity index (χ0n) is 14.5. The Morgan fingerprint density at radius 3 is 2.57 bits per heavy atom. The number of carbonyl (C=O) groups excluding carboxylic acids is 1. The fourth-order valence-electron chi connectivity index (χ4n) is 2.66. The standard InChI is InChI=1S/C18H29N3O2/c1-4-23-17-8-6-5-7-16(17)19-18(22)21-13-11-20(12-14-21)10-9-15(2)3/h5-8,15H,4,9-14H2,1-3H3,(H,19,22). The minimum Gasteiger partial charge on any atom is -0.492 e. The van der Waals surface area contributed by atoms with Gasteiger partial charge in [-0.25, -0.2) is 4.79 Å². The van der Waals surface area contributed by atoms with Crippen LogP contribution in [0.25, 0.3) is 0 Å². The van der Waals surface area contributed by atoms with Gasteiger partial charge in [-0.1, -0.05) is 26.0 Å². The zero-order valence-corrected chi connectivity index (χ0v) is 14.5. The van der Waals surface area contributed by atoms with Crippen molar-refractivity contribution in [2.24, 2.45) is 5.92 Å². The van der Waals surface area contributed by atoms with Gasteiger partial charge in [-0.05, 0) is 37.9 Å². The molecule has 1 N–H and O–H groups in total. The molecule has 23 heavy (non-hydrogen) atoms. The largest absolute Gasteiger partial charge is 0.492 e. The van der Waals surface area contributed by atoms with Crippen molar-refractivity contribution in [3.63, 3.8) is 0 Å². The number of anilines is 1. The van der Waals surface area contributed by atoms with Crippen molar-refractivity contribution in [1.82, 2.24) is 9.80 Å². The lowest BCUT2D eigenvalue weighted by Crippen LogP contribution is -2.50. The van der Waals surface area contributed by atoms with Crippen LogP contribution in [0.5, 0.6) is 5.75 Å². The van der Waals surface area contributed by atoms with Crippen LogP contribution in [-0.2, 0) is 0 Å². The second kappa shape index (κ2) is 8.77. The summed E-state index contributed by atoms with van der Waals surface area (Å²) in [7, 11) is 0. The summed E-state index contributed by atoms with van der Waals surface area (Å²) >= 11 is 0. The average molecular weight is 319 g/mol. The van der Waals surface area contributed by atoms with Crippen molar-refractivity contribution < 1.29 is 9.53 Å². The first-order valence-corrected chi connectivity index (χ1v) is 8.60. The topological polar surface area (TPSA) is 44.8 Å². The molecule has 0 saturated carbocycles. The fraction of sp³-hybridized carbons (Fsp3) is 0.611. The lowest BCUT2D eigenvalue weighted by atomic mass is 10.1. The quantitative estimate of drug-likeness (QED) is 0.875. The van der Waals surface area contributed by atoms with Crippen molar-refractivity contribution in [2.45, 2.75) is 27.2 Å². The van der Waals surface area contributed by atoms with Gasteiger partial charge in [0.25, 0.3) is 0 Å². The number of nitrogens with zero attached hydrogens (tertiary/aromatic N) is 2. The van der Waals surface area contributed by atoms with Gasteiger partial charge in [0.2, 0.25) is 0 Å². The van der Waals surface area contributed by atoms with Gasteiger partial charge >= 0.3 is 6.03 Å². The lowest BCUT2D eigenvalue weighted by Gasteiger charge is -2.35. The van der Waals surface area contributed by atoms with Crippen LogP contribution in [0.15, 0.2) is 24.3 Å². The second-order valence-corrected chi connectivity index (χ2v) is 6.37. The number of piperazine rings is 1. The van der Waals surface area contributed by atoms with Gasteiger partial charge in [-0.15, -0.1) is 0 Å². The Labute approximate surface area is 139 Å². The maximum absolute atomic E-state index is 12.4. The van der Waals surface area contributed by atoms with Gasteiger partial charge in [0.05, 0.1) is 12.3 Å². The Bertz CT molecular complexity index is 497. The Balaban J connectivity index is 1.83. The number of ether oxygens (including phenoxy) is 1. The molecule has 0 spiro atoms. The molecule has 5 nitrogen and oxygen atoms in total. The molecule has 1 saturated heterocycles. The molecule has 1 fully saturated rings. The van der Waals surface area contributed by atoms with E-state index >= 15 is 0 Å². The number of nitrogens with one attached hydrogen (secondary N) is 1. The molecule has 0 atom stereocenters. The van der Waals surface area contributed by atoms with Crippen molar-refractivity contribution in [3.8, 4) is 5.75 Å². The first-order valence-electron chi connectivity index (χ1n) is 8.60. The van der Waals surface area contributed by atoms with Crippen molar-refractivity contribution >= 4 is 11.7 Å². The van der Waals surface area contributed by atoms with E-state index in [1.807, 2.05) is 36.1 Å². The number of urea groups is 1. The van der Waals surface area contributed by atoms with Crippen LogP contribution in [0.2, 0.25) is 0 Å². The van der Waals surface area contributed by atoms with E-state index in [0.29, 0.717) is 6.61 Å². The van der Waals surface area contributed by atoms with Gasteiger partial charge in [0.15, 0.2) is 0 Å². The average Bonchev–Trinajstić information content (AvgIpc) is 2.55. The van der Waals surface area contributed by atoms with E-state index in [0.717, 1.165) is 50.1 Å². The third-order valence-electron chi connectivity index (χ3n) is 4.11. The minimum atomic E-state index is -0.0411. The first-order chi connectivity index (χ1) is 11.1. The lowest BCUT2D eigenvalue weighted by molar-refractivity contribution is 0.143. The molecule has 1 aromatic carbocycles. The van der Waals surface area contributed by atoms with Crippen molar-refractivity contribution in [3.05, 3.63) is 24.3 Å². The van der Waals surface area contributed by atoms with E-state index < -0.39 is 0 Å². The molecule has 0 unspecified atom stereocenters. The van der Waals surface area contributed by atoms with Gasteiger partial charge < -0.3 is 15.0 Å². The smallest absolute Gasteiger partial charge is 0.322 e. The second-order valence-electron chi connectivity index (χ2n) is 6.37. The highest BCUT2D eigenvalue weighted by Crippen LogP contribution is 2.24. The van der Waals surface area contributed by atoms with E-state index in [1.54, 1.807) is 0 Å².